The third-order valence-corrected chi connectivity index (χ3v) is 6.51. The number of hydrogen-bond acceptors (Lipinski definition) is 4. The van der Waals surface area contributed by atoms with Crippen molar-refractivity contribution < 1.29 is 8.42 Å². The average molecular weight is 311 g/mol. The van der Waals surface area contributed by atoms with Gasteiger partial charge in [-0.25, -0.2) is 8.42 Å². The van der Waals surface area contributed by atoms with Crippen LogP contribution in [0.5, 0.6) is 0 Å². The van der Waals surface area contributed by atoms with Crippen molar-refractivity contribution in [3.8, 4) is 0 Å². The number of hydrogen-bond donors (Lipinski definition) is 1. The molecule has 6 heteroatoms. The van der Waals surface area contributed by atoms with Gasteiger partial charge >= 0.3 is 0 Å². The van der Waals surface area contributed by atoms with E-state index < -0.39 is 10.0 Å². The van der Waals surface area contributed by atoms with Crippen LogP contribution in [0.3, 0.4) is 0 Å². The molecule has 1 aliphatic rings. The summed E-state index contributed by atoms with van der Waals surface area (Å²) in [6.07, 6.45) is 0. The highest BCUT2D eigenvalue weighted by molar-refractivity contribution is 7.89. The van der Waals surface area contributed by atoms with Crippen molar-refractivity contribution in [2.24, 2.45) is 0 Å². The molecule has 5 nitrogen and oxygen atoms in total. The van der Waals surface area contributed by atoms with Gasteiger partial charge in [0.1, 0.15) is 4.90 Å². The summed E-state index contributed by atoms with van der Waals surface area (Å²) in [6.45, 7) is 10.6. The van der Waals surface area contributed by atoms with Crippen LogP contribution in [0.25, 0.3) is 0 Å². The number of aryl methyl sites for hydroxylation is 1. The van der Waals surface area contributed by atoms with Crippen molar-refractivity contribution in [1.82, 2.24) is 9.21 Å². The first kappa shape index (κ1) is 16.3. The lowest BCUT2D eigenvalue weighted by Crippen LogP contribution is -2.53. The summed E-state index contributed by atoms with van der Waals surface area (Å²) in [4.78, 5) is 2.57. The molecular weight excluding hydrogens is 286 g/mol. The number of rotatable bonds is 3. The van der Waals surface area contributed by atoms with Gasteiger partial charge in [-0.3, -0.25) is 4.90 Å². The molecule has 0 spiro atoms. The quantitative estimate of drug-likeness (QED) is 0.861. The third kappa shape index (κ3) is 2.93. The molecule has 2 rings (SSSR count). The van der Waals surface area contributed by atoms with Gasteiger partial charge < -0.3 is 5.73 Å². The molecule has 0 aliphatic carbocycles. The van der Waals surface area contributed by atoms with Crippen LogP contribution in [0.4, 0.5) is 5.69 Å². The second kappa shape index (κ2) is 5.94. The van der Waals surface area contributed by atoms with Crippen LogP contribution in [0, 0.1) is 13.8 Å². The SMILES string of the molecule is CCN1CCN(S(=O)(=O)c2c(N)ccc(C)c2C)CC1C. The molecule has 1 aliphatic heterocycles. The standard InChI is InChI=1S/C15H25N3O2S/c1-5-17-8-9-18(10-12(17)3)21(19,20)15-13(4)11(2)6-7-14(15)16/h6-7,12H,5,8-10,16H2,1-4H3. The number of nitrogen functional groups attached to an aromatic ring is 1. The second-order valence-electron chi connectivity index (χ2n) is 5.77. The van der Waals surface area contributed by atoms with Crippen LogP contribution in [-0.2, 0) is 10.0 Å². The maximum atomic E-state index is 12.9. The zero-order valence-electron chi connectivity index (χ0n) is 13.3. The fourth-order valence-corrected chi connectivity index (χ4v) is 4.84. The van der Waals surface area contributed by atoms with Gasteiger partial charge in [-0.1, -0.05) is 13.0 Å². The summed E-state index contributed by atoms with van der Waals surface area (Å²) in [6, 6.07) is 3.77. The van der Waals surface area contributed by atoms with Crippen molar-refractivity contribution >= 4 is 15.7 Å². The smallest absolute Gasteiger partial charge is 0.245 e. The molecule has 0 aromatic heterocycles. The monoisotopic (exact) mass is 311 g/mol. The van der Waals surface area contributed by atoms with Crippen molar-refractivity contribution in [2.45, 2.75) is 38.6 Å². The van der Waals surface area contributed by atoms with Crippen LogP contribution in [0.15, 0.2) is 17.0 Å². The van der Waals surface area contributed by atoms with E-state index in [4.69, 9.17) is 5.73 Å². The molecule has 1 aromatic rings. The van der Waals surface area contributed by atoms with Gasteiger partial charge in [0.2, 0.25) is 10.0 Å². The zero-order valence-corrected chi connectivity index (χ0v) is 14.1. The highest BCUT2D eigenvalue weighted by Gasteiger charge is 2.33. The molecule has 1 fully saturated rings. The number of nitrogens with two attached hydrogens (primary N) is 1. The lowest BCUT2D eigenvalue weighted by atomic mass is 10.1. The Bertz CT molecular complexity index is 628. The molecule has 0 bridgehead atoms. The molecule has 0 radical (unpaired) electrons. The molecule has 1 atom stereocenters. The Kier molecular flexibility index (Phi) is 4.60. The van der Waals surface area contributed by atoms with E-state index in [-0.39, 0.29) is 10.9 Å². The largest absolute Gasteiger partial charge is 0.398 e. The first-order valence-corrected chi connectivity index (χ1v) is 8.83. The van der Waals surface area contributed by atoms with Crippen LogP contribution >= 0.6 is 0 Å². The highest BCUT2D eigenvalue weighted by atomic mass is 32.2. The Labute approximate surface area is 127 Å². The van der Waals surface area contributed by atoms with Crippen molar-refractivity contribution in [1.29, 1.82) is 0 Å². The molecule has 21 heavy (non-hydrogen) atoms. The summed E-state index contributed by atoms with van der Waals surface area (Å²) >= 11 is 0. The predicted octanol–water partition coefficient (Wildman–Crippen LogP) is 1.60. The maximum Gasteiger partial charge on any atom is 0.245 e. The zero-order chi connectivity index (χ0) is 15.8. The first-order valence-electron chi connectivity index (χ1n) is 7.39. The Morgan fingerprint density at radius 1 is 1.29 bits per heavy atom. The maximum absolute atomic E-state index is 12.9. The van der Waals surface area contributed by atoms with Gasteiger partial charge in [0.25, 0.3) is 0 Å². The van der Waals surface area contributed by atoms with Crippen LogP contribution < -0.4 is 5.73 Å². The first-order chi connectivity index (χ1) is 9.78. The summed E-state index contributed by atoms with van der Waals surface area (Å²) in [5.41, 5.74) is 7.99. The summed E-state index contributed by atoms with van der Waals surface area (Å²) in [7, 11) is -3.53. The number of piperazine rings is 1. The molecule has 1 heterocycles. The Morgan fingerprint density at radius 3 is 2.52 bits per heavy atom. The minimum Gasteiger partial charge on any atom is -0.398 e. The van der Waals surface area contributed by atoms with E-state index in [0.29, 0.717) is 18.8 Å². The Hall–Kier alpha value is -1.11. The van der Waals surface area contributed by atoms with E-state index in [1.54, 1.807) is 10.4 Å². The summed E-state index contributed by atoms with van der Waals surface area (Å²) < 4.78 is 27.5. The molecule has 1 saturated heterocycles. The van der Waals surface area contributed by atoms with E-state index in [0.717, 1.165) is 24.2 Å². The number of likely N-dealkylation sites (N-methyl/N-ethyl adjacent to an activating group) is 1. The van der Waals surface area contributed by atoms with Gasteiger partial charge in [0.05, 0.1) is 5.69 Å². The number of anilines is 1. The van der Waals surface area contributed by atoms with E-state index in [9.17, 15) is 8.42 Å². The average Bonchev–Trinajstić information content (AvgIpc) is 2.43. The number of nitrogens with zero attached hydrogens (tertiary/aromatic N) is 2. The lowest BCUT2D eigenvalue weighted by Gasteiger charge is -2.38. The van der Waals surface area contributed by atoms with Crippen LogP contribution in [-0.4, -0.2) is 49.8 Å². The minimum atomic E-state index is -3.53. The number of sulfonamides is 1. The van der Waals surface area contributed by atoms with E-state index in [1.807, 2.05) is 19.9 Å². The molecule has 118 valence electrons. The van der Waals surface area contributed by atoms with Gasteiger partial charge in [-0.15, -0.1) is 0 Å². The van der Waals surface area contributed by atoms with E-state index in [1.165, 1.54) is 0 Å². The van der Waals surface area contributed by atoms with Crippen molar-refractivity contribution in [3.63, 3.8) is 0 Å². The van der Waals surface area contributed by atoms with Crippen molar-refractivity contribution in [2.75, 3.05) is 31.9 Å². The molecule has 1 unspecified atom stereocenters. The van der Waals surface area contributed by atoms with Gasteiger partial charge in [-0.2, -0.15) is 4.31 Å². The minimum absolute atomic E-state index is 0.227. The van der Waals surface area contributed by atoms with Gasteiger partial charge in [-0.05, 0) is 44.5 Å². The van der Waals surface area contributed by atoms with E-state index >= 15 is 0 Å². The second-order valence-corrected chi connectivity index (χ2v) is 7.64. The van der Waals surface area contributed by atoms with Gasteiger partial charge in [0, 0.05) is 25.7 Å². The predicted molar refractivity (Wildman–Crippen MR) is 85.8 cm³/mol. The number of benzene rings is 1. The Balaban J connectivity index is 2.38. The normalized spacial score (nSPS) is 21.6. The lowest BCUT2D eigenvalue weighted by molar-refractivity contribution is 0.135. The molecule has 2 N–H and O–H groups in total. The molecule has 1 aromatic carbocycles. The molecular formula is C15H25N3O2S. The van der Waals surface area contributed by atoms with Crippen LogP contribution in [0.1, 0.15) is 25.0 Å². The fourth-order valence-electron chi connectivity index (χ4n) is 2.93. The summed E-state index contributed by atoms with van der Waals surface area (Å²) in [5.74, 6) is 0. The molecule has 0 saturated carbocycles. The fraction of sp³-hybridized carbons (Fsp3) is 0.600. The van der Waals surface area contributed by atoms with Gasteiger partial charge in [0.15, 0.2) is 0 Å². The summed E-state index contributed by atoms with van der Waals surface area (Å²) in [5, 5.41) is 0. The molecule has 0 amide bonds. The van der Waals surface area contributed by atoms with Crippen molar-refractivity contribution in [3.05, 3.63) is 23.3 Å². The van der Waals surface area contributed by atoms with E-state index in [2.05, 4.69) is 18.7 Å². The Morgan fingerprint density at radius 2 is 1.95 bits per heavy atom. The topological polar surface area (TPSA) is 66.6 Å². The third-order valence-electron chi connectivity index (χ3n) is 4.44. The van der Waals surface area contributed by atoms with Crippen LogP contribution in [0.2, 0.25) is 0 Å². The highest BCUT2D eigenvalue weighted by Crippen LogP contribution is 2.29.